The van der Waals surface area contributed by atoms with E-state index in [-0.39, 0.29) is 31.1 Å². The number of amides is 2. The summed E-state index contributed by atoms with van der Waals surface area (Å²) in [5, 5.41) is 9.05. The molecule has 0 aromatic rings. The third-order valence-electron chi connectivity index (χ3n) is 8.00. The molecule has 0 spiro atoms. The van der Waals surface area contributed by atoms with Gasteiger partial charge in [0.2, 0.25) is 11.8 Å². The van der Waals surface area contributed by atoms with Gasteiger partial charge < -0.3 is 49.1 Å². The van der Waals surface area contributed by atoms with Crippen LogP contribution in [0.25, 0.3) is 0 Å². The maximum Gasteiger partial charge on any atom is 0.303 e. The van der Waals surface area contributed by atoms with Gasteiger partial charge in [-0.2, -0.15) is 0 Å². The second kappa shape index (κ2) is 22.9. The Hall–Kier alpha value is -2.85. The van der Waals surface area contributed by atoms with E-state index in [1.54, 1.807) is 0 Å². The van der Waals surface area contributed by atoms with E-state index in [1.165, 1.54) is 27.7 Å². The molecule has 50 heavy (non-hydrogen) atoms. The first-order valence-electron chi connectivity index (χ1n) is 17.7. The number of ether oxygens (including phenoxy) is 7. The number of esters is 3. The van der Waals surface area contributed by atoms with E-state index in [0.29, 0.717) is 51.5 Å². The molecule has 0 aliphatic carbocycles. The normalized spacial score (nSPS) is 21.5. The lowest BCUT2D eigenvalue weighted by molar-refractivity contribution is -0.277. The van der Waals surface area contributed by atoms with Crippen LogP contribution in [0.1, 0.15) is 108 Å². The van der Waals surface area contributed by atoms with Crippen LogP contribution in [-0.2, 0) is 57.1 Å². The van der Waals surface area contributed by atoms with Crippen LogP contribution in [0.2, 0.25) is 0 Å². The second-order valence-corrected chi connectivity index (χ2v) is 13.9. The molecule has 1 saturated heterocycles. The Morgan fingerprint density at radius 1 is 0.800 bits per heavy atom. The van der Waals surface area contributed by atoms with E-state index in [9.17, 15) is 24.0 Å². The molecule has 0 saturated carbocycles. The molecule has 1 heterocycles. The number of hydrogen-bond donors (Lipinski definition) is 3. The molecule has 1 rings (SSSR count). The summed E-state index contributed by atoms with van der Waals surface area (Å²) in [4.78, 5) is 59.8. The number of rotatable bonds is 24. The van der Waals surface area contributed by atoms with Crippen molar-refractivity contribution in [3.05, 3.63) is 0 Å². The van der Waals surface area contributed by atoms with E-state index in [0.717, 1.165) is 13.0 Å². The van der Waals surface area contributed by atoms with Gasteiger partial charge in [-0.3, -0.25) is 24.0 Å². The van der Waals surface area contributed by atoms with Crippen LogP contribution < -0.4 is 16.0 Å². The Kier molecular flexibility index (Phi) is 20.7. The quantitative estimate of drug-likeness (QED) is 0.0753. The number of unbranched alkanes of at least 4 members (excludes halogenated alkanes) is 2. The van der Waals surface area contributed by atoms with E-state index in [4.69, 9.17) is 33.2 Å². The van der Waals surface area contributed by atoms with Crippen molar-refractivity contribution in [2.45, 2.75) is 156 Å². The summed E-state index contributed by atoms with van der Waals surface area (Å²) in [6.45, 7) is 19.3. The third-order valence-corrected chi connectivity index (χ3v) is 8.00. The predicted octanol–water partition coefficient (Wildman–Crippen LogP) is 2.70. The average Bonchev–Trinajstić information content (AvgIpc) is 3.00. The van der Waals surface area contributed by atoms with E-state index < -0.39 is 60.1 Å². The van der Waals surface area contributed by atoms with Gasteiger partial charge in [0.05, 0.1) is 24.4 Å². The maximum atomic E-state index is 12.4. The zero-order chi connectivity index (χ0) is 37.9. The van der Waals surface area contributed by atoms with Crippen molar-refractivity contribution in [3.63, 3.8) is 0 Å². The number of carbonyl (C=O) groups excluding carboxylic acids is 5. The highest BCUT2D eigenvalue weighted by Crippen LogP contribution is 2.28. The van der Waals surface area contributed by atoms with Crippen molar-refractivity contribution in [2.75, 3.05) is 39.5 Å². The molecule has 290 valence electrons. The first-order chi connectivity index (χ1) is 23.4. The highest BCUT2D eigenvalue weighted by atomic mass is 16.7. The number of hydrogen-bond acceptors (Lipinski definition) is 13. The number of nitrogens with one attached hydrogen (secondary N) is 3. The molecule has 6 atom stereocenters. The zero-order valence-electron chi connectivity index (χ0n) is 31.8. The van der Waals surface area contributed by atoms with Gasteiger partial charge in [0.25, 0.3) is 0 Å². The van der Waals surface area contributed by atoms with Crippen molar-refractivity contribution in [1.29, 1.82) is 0 Å². The monoisotopic (exact) mass is 717 g/mol. The van der Waals surface area contributed by atoms with Crippen molar-refractivity contribution < 1.29 is 57.1 Å². The molecular weight excluding hydrogens is 654 g/mol. The Balaban J connectivity index is 2.51. The van der Waals surface area contributed by atoms with Crippen LogP contribution >= 0.6 is 0 Å². The fourth-order valence-corrected chi connectivity index (χ4v) is 5.03. The van der Waals surface area contributed by atoms with Crippen LogP contribution in [0.4, 0.5) is 0 Å². The predicted molar refractivity (Wildman–Crippen MR) is 184 cm³/mol. The summed E-state index contributed by atoms with van der Waals surface area (Å²) in [6.07, 6.45) is -0.493. The lowest BCUT2D eigenvalue weighted by atomic mass is 9.96. The summed E-state index contributed by atoms with van der Waals surface area (Å²) in [5.41, 5.74) is -0.717. The third kappa shape index (κ3) is 19.5. The van der Waals surface area contributed by atoms with Gasteiger partial charge in [0, 0.05) is 59.9 Å². The van der Waals surface area contributed by atoms with Gasteiger partial charge in [0.15, 0.2) is 18.5 Å². The summed E-state index contributed by atoms with van der Waals surface area (Å²) in [5.74, 6) is -2.50. The van der Waals surface area contributed by atoms with Crippen LogP contribution in [0.3, 0.4) is 0 Å². The lowest BCUT2D eigenvalue weighted by Gasteiger charge is -2.44. The van der Waals surface area contributed by atoms with E-state index in [1.807, 2.05) is 13.8 Å². The maximum absolute atomic E-state index is 12.4. The Morgan fingerprint density at radius 2 is 1.44 bits per heavy atom. The lowest BCUT2D eigenvalue weighted by Crippen LogP contribution is -2.66. The minimum absolute atomic E-state index is 0.100. The minimum Gasteiger partial charge on any atom is -0.463 e. The van der Waals surface area contributed by atoms with Crippen LogP contribution in [0.15, 0.2) is 0 Å². The SMILES string of the molecule is CCC(C)NCC(C)(C)OCCC(C)(C)OCCC(=O)NCCCCCO[C@@H]1O[C@H](COC(C)=O)[C@H](OC(C)=O)[C@H](OC(C)=O)[C@H]1NC(C)=O. The highest BCUT2D eigenvalue weighted by molar-refractivity contribution is 5.76. The zero-order valence-corrected chi connectivity index (χ0v) is 31.8. The molecule has 1 unspecified atom stereocenters. The largest absolute Gasteiger partial charge is 0.463 e. The first-order valence-corrected chi connectivity index (χ1v) is 17.7. The standard InChI is InChI=1S/C35H63N3O12/c1-11-23(2)37-22-35(9,10)47-20-16-34(7,8)46-19-15-29(43)36-17-13-12-14-18-44-33-30(38-24(3)39)32(49-27(6)42)31(48-26(5)41)28(50-33)21-45-25(4)40/h23,28,30-33,37H,11-22H2,1-10H3,(H,36,43)(H,38,39)/t23?,28-,30-,31+,32-,33-/m1/s1. The first kappa shape index (κ1) is 45.2. The van der Waals surface area contributed by atoms with Crippen LogP contribution in [-0.4, -0.2) is 117 Å². The Bertz CT molecular complexity index is 1070. The molecule has 0 aromatic carbocycles. The fourth-order valence-electron chi connectivity index (χ4n) is 5.03. The molecule has 1 aliphatic rings. The molecular formula is C35H63N3O12. The van der Waals surface area contributed by atoms with Gasteiger partial charge in [-0.1, -0.05) is 6.92 Å². The Morgan fingerprint density at radius 3 is 2.04 bits per heavy atom. The summed E-state index contributed by atoms with van der Waals surface area (Å²) >= 11 is 0. The van der Waals surface area contributed by atoms with Crippen LogP contribution in [0, 0.1) is 0 Å². The molecule has 0 radical (unpaired) electrons. The summed E-state index contributed by atoms with van der Waals surface area (Å²) < 4.78 is 40.0. The molecule has 1 fully saturated rings. The topological polar surface area (TPSA) is 186 Å². The molecule has 0 bridgehead atoms. The second-order valence-electron chi connectivity index (χ2n) is 13.9. The molecule has 0 aromatic heterocycles. The molecule has 15 heteroatoms. The molecule has 15 nitrogen and oxygen atoms in total. The van der Waals surface area contributed by atoms with Gasteiger partial charge >= 0.3 is 17.9 Å². The van der Waals surface area contributed by atoms with E-state index >= 15 is 0 Å². The summed E-state index contributed by atoms with van der Waals surface area (Å²) in [6, 6.07) is -0.577. The molecule has 1 aliphatic heterocycles. The van der Waals surface area contributed by atoms with Crippen LogP contribution in [0.5, 0.6) is 0 Å². The van der Waals surface area contributed by atoms with E-state index in [2.05, 4.69) is 43.6 Å². The molecule has 3 N–H and O–H groups in total. The summed E-state index contributed by atoms with van der Waals surface area (Å²) in [7, 11) is 0. The molecule has 2 amide bonds. The smallest absolute Gasteiger partial charge is 0.303 e. The van der Waals surface area contributed by atoms with Crippen molar-refractivity contribution in [2.24, 2.45) is 0 Å². The van der Waals surface area contributed by atoms with Gasteiger partial charge in [-0.15, -0.1) is 0 Å². The van der Waals surface area contributed by atoms with Crippen molar-refractivity contribution in [1.82, 2.24) is 16.0 Å². The van der Waals surface area contributed by atoms with Gasteiger partial charge in [-0.05, 0) is 66.7 Å². The fraction of sp³-hybridized carbons (Fsp3) is 0.857. The highest BCUT2D eigenvalue weighted by Gasteiger charge is 2.51. The average molecular weight is 718 g/mol. The van der Waals surface area contributed by atoms with Gasteiger partial charge in [-0.25, -0.2) is 0 Å². The van der Waals surface area contributed by atoms with Gasteiger partial charge in [0.1, 0.15) is 18.8 Å². The minimum atomic E-state index is -1.18. The van der Waals surface area contributed by atoms with Crippen molar-refractivity contribution in [3.8, 4) is 0 Å². The Labute approximate surface area is 297 Å². The number of carbonyl (C=O) groups is 5. The van der Waals surface area contributed by atoms with Crippen molar-refractivity contribution >= 4 is 29.7 Å².